The van der Waals surface area contributed by atoms with E-state index in [2.05, 4.69) is 10.3 Å². The number of hydrogen-bond acceptors (Lipinski definition) is 6. The number of carbonyl (C=O) groups excluding carboxylic acids is 1. The number of pyridine rings is 1. The highest BCUT2D eigenvalue weighted by atomic mass is 32.2. The Morgan fingerprint density at radius 1 is 1.21 bits per heavy atom. The maximum atomic E-state index is 14.6. The SMILES string of the molecule is CS(=O)(=O)O.O=C(OC1Cc2ccccc2C1)N1CC[C@H](CNc2ccncc2)C(F)(F)C1. The molecule has 11 heteroatoms. The standard InChI is InChI=1S/C21H23F2N3O2.CH4O3S/c22-21(23)14-26(10-7-17(21)13-25-18-5-8-24-9-6-18)20(27)28-19-11-15-3-1-2-4-16(15)12-19;1-5(2,3)4/h1-6,8-9,17,19H,7,10-14H2,(H,24,25);1H3,(H,2,3,4)/t17-;/m1./s1. The number of alkyl halides is 2. The Morgan fingerprint density at radius 2 is 1.79 bits per heavy atom. The molecule has 1 fully saturated rings. The van der Waals surface area contributed by atoms with Crippen molar-refractivity contribution in [1.29, 1.82) is 0 Å². The molecule has 0 spiro atoms. The molecule has 1 saturated heterocycles. The number of carbonyl (C=O) groups is 1. The van der Waals surface area contributed by atoms with Gasteiger partial charge in [-0.05, 0) is 29.7 Å². The monoisotopic (exact) mass is 483 g/mol. The molecule has 1 amide bonds. The van der Waals surface area contributed by atoms with Crippen LogP contribution in [0.1, 0.15) is 17.5 Å². The van der Waals surface area contributed by atoms with Crippen molar-refractivity contribution in [3.8, 4) is 0 Å². The molecule has 1 aliphatic heterocycles. The van der Waals surface area contributed by atoms with Gasteiger partial charge >= 0.3 is 6.09 Å². The third kappa shape index (κ3) is 7.64. The third-order valence-corrected chi connectivity index (χ3v) is 5.52. The summed E-state index contributed by atoms with van der Waals surface area (Å²) < 4.78 is 60.6. The molecule has 1 aromatic heterocycles. The average molecular weight is 484 g/mol. The Labute approximate surface area is 191 Å². The fraction of sp³-hybridized carbons (Fsp3) is 0.455. The van der Waals surface area contributed by atoms with Gasteiger partial charge in [0.25, 0.3) is 16.0 Å². The molecule has 4 rings (SSSR count). The van der Waals surface area contributed by atoms with Gasteiger partial charge in [0.2, 0.25) is 0 Å². The number of anilines is 1. The van der Waals surface area contributed by atoms with Gasteiger partial charge in [0, 0.05) is 49.9 Å². The van der Waals surface area contributed by atoms with Crippen molar-refractivity contribution in [2.24, 2.45) is 5.92 Å². The van der Waals surface area contributed by atoms with Crippen LogP contribution in [0.3, 0.4) is 0 Å². The van der Waals surface area contributed by atoms with E-state index in [9.17, 15) is 22.0 Å². The van der Waals surface area contributed by atoms with Gasteiger partial charge in [-0.15, -0.1) is 0 Å². The molecular weight excluding hydrogens is 456 g/mol. The Kier molecular flexibility index (Phi) is 7.85. The van der Waals surface area contributed by atoms with Crippen LogP contribution in [0, 0.1) is 5.92 Å². The van der Waals surface area contributed by atoms with Gasteiger partial charge in [-0.3, -0.25) is 9.54 Å². The Morgan fingerprint density at radius 3 is 2.33 bits per heavy atom. The number of nitrogens with one attached hydrogen (secondary N) is 1. The largest absolute Gasteiger partial charge is 0.445 e. The summed E-state index contributed by atoms with van der Waals surface area (Å²) in [5.74, 6) is -3.80. The van der Waals surface area contributed by atoms with Crippen LogP contribution >= 0.6 is 0 Å². The van der Waals surface area contributed by atoms with E-state index >= 15 is 0 Å². The molecule has 0 bridgehead atoms. The van der Waals surface area contributed by atoms with Gasteiger partial charge in [0.1, 0.15) is 6.10 Å². The third-order valence-electron chi connectivity index (χ3n) is 5.52. The number of rotatable bonds is 4. The van der Waals surface area contributed by atoms with Crippen molar-refractivity contribution in [3.63, 3.8) is 0 Å². The molecule has 0 saturated carbocycles. The van der Waals surface area contributed by atoms with Gasteiger partial charge in [-0.25, -0.2) is 13.6 Å². The number of hydrogen-bond donors (Lipinski definition) is 2. The number of nitrogens with zero attached hydrogens (tertiary/aromatic N) is 2. The van der Waals surface area contributed by atoms with Gasteiger partial charge in [-0.1, -0.05) is 24.3 Å². The first-order valence-corrected chi connectivity index (χ1v) is 12.3. The normalized spacial score (nSPS) is 19.8. The summed E-state index contributed by atoms with van der Waals surface area (Å²) in [4.78, 5) is 17.5. The maximum Gasteiger partial charge on any atom is 0.410 e. The van der Waals surface area contributed by atoms with Crippen LogP contribution in [-0.2, 0) is 27.7 Å². The lowest BCUT2D eigenvalue weighted by atomic mass is 9.93. The molecule has 1 aliphatic carbocycles. The van der Waals surface area contributed by atoms with Gasteiger partial charge in [0.15, 0.2) is 0 Å². The molecule has 1 atom stereocenters. The van der Waals surface area contributed by atoms with Gasteiger partial charge in [0.05, 0.1) is 12.8 Å². The van der Waals surface area contributed by atoms with Crippen molar-refractivity contribution < 1.29 is 31.3 Å². The Balaban J connectivity index is 0.000000555. The number of halogens is 2. The fourth-order valence-corrected chi connectivity index (χ4v) is 3.92. The first kappa shape index (κ1) is 24.8. The first-order chi connectivity index (χ1) is 15.5. The van der Waals surface area contributed by atoms with Crippen LogP contribution in [0.15, 0.2) is 48.8 Å². The second kappa shape index (κ2) is 10.4. The summed E-state index contributed by atoms with van der Waals surface area (Å²) in [6, 6.07) is 11.4. The predicted octanol–water partition coefficient (Wildman–Crippen LogP) is 3.26. The Bertz CT molecular complexity index is 1020. The van der Waals surface area contributed by atoms with Crippen molar-refractivity contribution >= 4 is 21.9 Å². The zero-order valence-electron chi connectivity index (χ0n) is 18.2. The molecule has 0 unspecified atom stereocenters. The fourth-order valence-electron chi connectivity index (χ4n) is 3.92. The van der Waals surface area contributed by atoms with E-state index in [-0.39, 0.29) is 25.6 Å². The smallest absolute Gasteiger partial charge is 0.410 e. The molecule has 2 aliphatic rings. The number of piperidine rings is 1. The van der Waals surface area contributed by atoms with E-state index in [0.29, 0.717) is 19.1 Å². The number of amides is 1. The van der Waals surface area contributed by atoms with E-state index < -0.39 is 34.6 Å². The maximum absolute atomic E-state index is 14.6. The number of fused-ring (bicyclic) bond motifs is 1. The highest BCUT2D eigenvalue weighted by Crippen LogP contribution is 2.34. The van der Waals surface area contributed by atoms with Crippen LogP contribution in [0.2, 0.25) is 0 Å². The zero-order chi connectivity index (χ0) is 24.1. The minimum atomic E-state index is -3.67. The number of aromatic nitrogens is 1. The van der Waals surface area contributed by atoms with Crippen molar-refractivity contribution in [1.82, 2.24) is 9.88 Å². The van der Waals surface area contributed by atoms with Crippen LogP contribution in [-0.4, -0.2) is 66.9 Å². The lowest BCUT2D eigenvalue weighted by Gasteiger charge is -2.38. The summed E-state index contributed by atoms with van der Waals surface area (Å²) in [6.45, 7) is -0.178. The second-order valence-corrected chi connectivity index (χ2v) is 9.67. The highest BCUT2D eigenvalue weighted by Gasteiger charge is 2.46. The molecule has 1 aromatic carbocycles. The topological polar surface area (TPSA) is 109 Å². The summed E-state index contributed by atoms with van der Waals surface area (Å²) in [6.07, 6.45) is 4.54. The lowest BCUT2D eigenvalue weighted by Crippen LogP contribution is -2.53. The summed E-state index contributed by atoms with van der Waals surface area (Å²) >= 11 is 0. The molecular formula is C22H27F2N3O5S. The minimum Gasteiger partial charge on any atom is -0.445 e. The van der Waals surface area contributed by atoms with E-state index in [1.54, 1.807) is 24.5 Å². The van der Waals surface area contributed by atoms with Gasteiger partial charge in [-0.2, -0.15) is 8.42 Å². The summed E-state index contributed by atoms with van der Waals surface area (Å²) in [5, 5.41) is 3.03. The van der Waals surface area contributed by atoms with Crippen molar-refractivity contribution in [2.45, 2.75) is 31.3 Å². The van der Waals surface area contributed by atoms with Gasteiger partial charge < -0.3 is 15.0 Å². The molecule has 180 valence electrons. The number of benzene rings is 1. The van der Waals surface area contributed by atoms with Crippen molar-refractivity contribution in [2.75, 3.05) is 31.2 Å². The zero-order valence-corrected chi connectivity index (χ0v) is 19.0. The van der Waals surface area contributed by atoms with E-state index in [1.807, 2.05) is 24.3 Å². The summed E-state index contributed by atoms with van der Waals surface area (Å²) in [7, 11) is -3.67. The molecule has 8 nitrogen and oxygen atoms in total. The number of ether oxygens (including phenoxy) is 1. The molecule has 33 heavy (non-hydrogen) atoms. The molecule has 2 heterocycles. The Hall–Kier alpha value is -2.79. The first-order valence-electron chi connectivity index (χ1n) is 10.5. The second-order valence-electron chi connectivity index (χ2n) is 8.20. The van der Waals surface area contributed by atoms with Crippen LogP contribution in [0.5, 0.6) is 0 Å². The lowest BCUT2D eigenvalue weighted by molar-refractivity contribution is -0.103. The average Bonchev–Trinajstić information content (AvgIpc) is 3.14. The van der Waals surface area contributed by atoms with E-state index in [1.165, 1.54) is 0 Å². The predicted molar refractivity (Wildman–Crippen MR) is 119 cm³/mol. The molecule has 0 radical (unpaired) electrons. The van der Waals surface area contributed by atoms with Crippen LogP contribution < -0.4 is 5.32 Å². The molecule has 2 aromatic rings. The van der Waals surface area contributed by atoms with E-state index in [4.69, 9.17) is 9.29 Å². The van der Waals surface area contributed by atoms with E-state index in [0.717, 1.165) is 21.7 Å². The highest BCUT2D eigenvalue weighted by molar-refractivity contribution is 7.85. The molecule has 2 N–H and O–H groups in total. The van der Waals surface area contributed by atoms with Crippen LogP contribution in [0.4, 0.5) is 19.3 Å². The quantitative estimate of drug-likeness (QED) is 0.643. The number of likely N-dealkylation sites (tertiary alicyclic amines) is 1. The summed E-state index contributed by atoms with van der Waals surface area (Å²) in [5.41, 5.74) is 3.08. The van der Waals surface area contributed by atoms with Crippen LogP contribution in [0.25, 0.3) is 0 Å². The van der Waals surface area contributed by atoms with Crippen molar-refractivity contribution in [3.05, 3.63) is 59.9 Å². The minimum absolute atomic E-state index is 0.151.